The minimum atomic E-state index is 0.494. The molecule has 0 spiro atoms. The molecule has 8 aromatic carbocycles. The highest BCUT2D eigenvalue weighted by Gasteiger charge is 2.20. The fraction of sp³-hybridized carbons (Fsp3) is 0.0182. The van der Waals surface area contributed by atoms with E-state index in [1.54, 1.807) is 11.3 Å². The molecular weight excluding hydrogens is 811 g/mol. The Morgan fingerprint density at radius 2 is 1.13 bits per heavy atom. The Hall–Kier alpha value is -7.78. The zero-order chi connectivity index (χ0) is 41.9. The second-order valence-electron chi connectivity index (χ2n) is 15.6. The molecule has 4 aromatic heterocycles. The molecule has 4 heterocycles. The second-order valence-corrected chi connectivity index (χ2v) is 17.7. The Bertz CT molecular complexity index is 3740. The summed E-state index contributed by atoms with van der Waals surface area (Å²) in [5.41, 5.74) is 16.1. The average molecular weight is 846 g/mol. The number of amidine groups is 1. The fourth-order valence-electron chi connectivity index (χ4n) is 8.62. The Morgan fingerprint density at radius 3 is 1.97 bits per heavy atom. The quantitative estimate of drug-likeness (QED) is 0.121. The van der Waals surface area contributed by atoms with Crippen molar-refractivity contribution in [1.29, 1.82) is 0 Å². The van der Waals surface area contributed by atoms with Gasteiger partial charge in [0.15, 0.2) is 17.5 Å². The average Bonchev–Trinajstić information content (AvgIpc) is 4.03. The lowest BCUT2D eigenvalue weighted by atomic mass is 10.0. The molecule has 0 radical (unpaired) electrons. The summed E-state index contributed by atoms with van der Waals surface area (Å²) >= 11 is 3.58. The second kappa shape index (κ2) is 15.3. The van der Waals surface area contributed by atoms with E-state index >= 15 is 0 Å². The number of fused-ring (bicyclic) bond motifs is 7. The Kier molecular flexibility index (Phi) is 8.98. The van der Waals surface area contributed by atoms with Gasteiger partial charge in [-0.2, -0.15) is 0 Å². The molecule has 0 atom stereocenters. The fourth-order valence-corrected chi connectivity index (χ4v) is 11.0. The standard InChI is InChI=1S/C55H35N5OS2/c56-52(34-14-3-1-4-15-34)57-50-41-21-8-10-27-47(41)62-48(50)31-33-28-29-44-43(30-33)49-42(24-13-25-45(49)61-44)55-59-53(35-16-5-2-6-17-35)58-54(60-55)37-19-11-18-36(32-37)38-22-12-23-40-39-20-7-9-26-46(39)63-51(38)40/h1-30,32H,31H2,(H2,56,57). The molecule has 12 aromatic rings. The van der Waals surface area contributed by atoms with Crippen molar-refractivity contribution in [2.45, 2.75) is 6.42 Å². The number of rotatable bonds is 8. The first-order valence-corrected chi connectivity index (χ1v) is 22.4. The third-order valence-electron chi connectivity index (χ3n) is 11.6. The highest BCUT2D eigenvalue weighted by atomic mass is 32.1. The van der Waals surface area contributed by atoms with Gasteiger partial charge in [-0.15, -0.1) is 22.7 Å². The number of thiophene rings is 2. The summed E-state index contributed by atoms with van der Waals surface area (Å²) in [6.07, 6.45) is 0.671. The molecule has 0 amide bonds. The van der Waals surface area contributed by atoms with Gasteiger partial charge in [-0.05, 0) is 53.1 Å². The number of hydrogen-bond acceptors (Lipinski definition) is 7. The van der Waals surface area contributed by atoms with E-state index < -0.39 is 0 Å². The van der Waals surface area contributed by atoms with Gasteiger partial charge in [0.05, 0.1) is 5.69 Å². The van der Waals surface area contributed by atoms with E-state index in [2.05, 4.69) is 115 Å². The van der Waals surface area contributed by atoms with Crippen LogP contribution in [0.4, 0.5) is 5.69 Å². The van der Waals surface area contributed by atoms with Crippen LogP contribution in [0.2, 0.25) is 0 Å². The van der Waals surface area contributed by atoms with E-state index in [0.29, 0.717) is 29.7 Å². The monoisotopic (exact) mass is 845 g/mol. The smallest absolute Gasteiger partial charge is 0.164 e. The van der Waals surface area contributed by atoms with Crippen molar-refractivity contribution in [3.8, 4) is 45.3 Å². The summed E-state index contributed by atoms with van der Waals surface area (Å²) in [5.74, 6) is 2.27. The molecule has 2 N–H and O–H groups in total. The highest BCUT2D eigenvalue weighted by Crippen LogP contribution is 2.43. The van der Waals surface area contributed by atoms with Crippen LogP contribution in [-0.2, 0) is 6.42 Å². The number of furan rings is 1. The minimum Gasteiger partial charge on any atom is -0.456 e. The molecule has 0 aliphatic carbocycles. The summed E-state index contributed by atoms with van der Waals surface area (Å²) in [6, 6.07) is 64.8. The van der Waals surface area contributed by atoms with Crippen LogP contribution in [-0.4, -0.2) is 20.8 Å². The minimum absolute atomic E-state index is 0.494. The molecule has 0 unspecified atom stereocenters. The third kappa shape index (κ3) is 6.64. The lowest BCUT2D eigenvalue weighted by Crippen LogP contribution is -2.12. The van der Waals surface area contributed by atoms with Gasteiger partial charge in [-0.25, -0.2) is 19.9 Å². The van der Waals surface area contributed by atoms with E-state index in [1.807, 2.05) is 84.1 Å². The van der Waals surface area contributed by atoms with Gasteiger partial charge in [0.2, 0.25) is 0 Å². The maximum absolute atomic E-state index is 6.62. The third-order valence-corrected chi connectivity index (χ3v) is 14.0. The SMILES string of the molecule is NC(=Nc1c(Cc2ccc3oc4cccc(-c5nc(-c6ccccc6)nc(-c6cccc(-c7cccc8c7sc7ccccc78)c6)n5)c4c3c2)sc2ccccc12)c1ccccc1. The normalized spacial score (nSPS) is 12.0. The maximum Gasteiger partial charge on any atom is 0.164 e. The Balaban J connectivity index is 0.984. The first-order valence-electron chi connectivity index (χ1n) is 20.8. The lowest BCUT2D eigenvalue weighted by Gasteiger charge is -2.11. The summed E-state index contributed by atoms with van der Waals surface area (Å²) in [6.45, 7) is 0. The molecule has 0 saturated carbocycles. The number of nitrogens with zero attached hydrogens (tertiary/aromatic N) is 4. The van der Waals surface area contributed by atoms with Gasteiger partial charge in [0.1, 0.15) is 17.0 Å². The summed E-state index contributed by atoms with van der Waals surface area (Å²) in [7, 11) is 0. The largest absolute Gasteiger partial charge is 0.456 e. The summed E-state index contributed by atoms with van der Waals surface area (Å²) in [5, 5.41) is 5.59. The Morgan fingerprint density at radius 1 is 0.492 bits per heavy atom. The van der Waals surface area contributed by atoms with Crippen molar-refractivity contribution < 1.29 is 4.42 Å². The zero-order valence-corrected chi connectivity index (χ0v) is 35.3. The molecule has 0 bridgehead atoms. The molecular formula is C55H35N5OS2. The van der Waals surface area contributed by atoms with Crippen LogP contribution >= 0.6 is 22.7 Å². The summed E-state index contributed by atoms with van der Waals surface area (Å²) < 4.78 is 10.3. The zero-order valence-electron chi connectivity index (χ0n) is 33.7. The predicted molar refractivity (Wildman–Crippen MR) is 263 cm³/mol. The molecule has 298 valence electrons. The molecule has 6 nitrogen and oxygen atoms in total. The molecule has 63 heavy (non-hydrogen) atoms. The first-order chi connectivity index (χ1) is 31.1. The van der Waals surface area contributed by atoms with Crippen LogP contribution in [0.5, 0.6) is 0 Å². The molecule has 8 heteroatoms. The molecule has 12 rings (SSSR count). The van der Waals surface area contributed by atoms with Gasteiger partial charge in [0.25, 0.3) is 0 Å². The lowest BCUT2D eigenvalue weighted by molar-refractivity contribution is 0.669. The molecule has 0 aliphatic rings. The van der Waals surface area contributed by atoms with E-state index in [4.69, 9.17) is 30.1 Å². The van der Waals surface area contributed by atoms with Crippen molar-refractivity contribution in [3.63, 3.8) is 0 Å². The van der Waals surface area contributed by atoms with E-state index in [0.717, 1.165) is 71.3 Å². The van der Waals surface area contributed by atoms with Crippen LogP contribution < -0.4 is 5.73 Å². The van der Waals surface area contributed by atoms with Crippen LogP contribution in [0, 0.1) is 0 Å². The maximum atomic E-state index is 6.62. The summed E-state index contributed by atoms with van der Waals surface area (Å²) in [4.78, 5) is 21.7. The van der Waals surface area contributed by atoms with Crippen molar-refractivity contribution in [2.75, 3.05) is 0 Å². The Labute approximate surface area is 370 Å². The number of aromatic nitrogens is 3. The van der Waals surface area contributed by atoms with Crippen molar-refractivity contribution in [2.24, 2.45) is 10.7 Å². The van der Waals surface area contributed by atoms with E-state index in [9.17, 15) is 0 Å². The predicted octanol–water partition coefficient (Wildman–Crippen LogP) is 14.6. The van der Waals surface area contributed by atoms with Gasteiger partial charge in [-0.3, -0.25) is 0 Å². The van der Waals surface area contributed by atoms with Crippen molar-refractivity contribution in [1.82, 2.24) is 15.0 Å². The highest BCUT2D eigenvalue weighted by molar-refractivity contribution is 7.26. The molecule has 0 fully saturated rings. The number of hydrogen-bond donors (Lipinski definition) is 1. The van der Waals surface area contributed by atoms with Crippen molar-refractivity contribution in [3.05, 3.63) is 204 Å². The van der Waals surface area contributed by atoms with Gasteiger partial charge in [0, 0.05) is 74.6 Å². The topological polar surface area (TPSA) is 90.2 Å². The first kappa shape index (κ1) is 37.0. The molecule has 0 saturated heterocycles. The van der Waals surface area contributed by atoms with Gasteiger partial charge in [-0.1, -0.05) is 152 Å². The molecule has 0 aliphatic heterocycles. The van der Waals surface area contributed by atoms with Crippen molar-refractivity contribution >= 4 is 86.4 Å². The number of aliphatic imine (C=N–C) groups is 1. The van der Waals surface area contributed by atoms with E-state index in [1.165, 1.54) is 30.4 Å². The van der Waals surface area contributed by atoms with Crippen LogP contribution in [0.1, 0.15) is 16.0 Å². The van der Waals surface area contributed by atoms with Gasteiger partial charge < -0.3 is 10.2 Å². The van der Waals surface area contributed by atoms with Crippen LogP contribution in [0.15, 0.2) is 197 Å². The number of nitrogens with two attached hydrogens (primary N) is 1. The number of benzene rings is 8. The van der Waals surface area contributed by atoms with E-state index in [-0.39, 0.29) is 0 Å². The van der Waals surface area contributed by atoms with Crippen LogP contribution in [0.25, 0.3) is 97.5 Å². The van der Waals surface area contributed by atoms with Crippen LogP contribution in [0.3, 0.4) is 0 Å². The van der Waals surface area contributed by atoms with Gasteiger partial charge >= 0.3 is 0 Å².